The van der Waals surface area contributed by atoms with Crippen LogP contribution in [0.5, 0.6) is 11.5 Å². The Morgan fingerprint density at radius 1 is 0.929 bits per heavy atom. The minimum atomic E-state index is -0.0959. The molecule has 2 rings (SSSR count). The molecule has 2 aromatic carbocycles. The second-order valence-corrected chi connectivity index (χ2v) is 7.30. The summed E-state index contributed by atoms with van der Waals surface area (Å²) in [6, 6.07) is 12.9. The smallest absolute Gasteiger partial charge is 0.234 e. The third-order valence-electron chi connectivity index (χ3n) is 3.89. The fourth-order valence-electron chi connectivity index (χ4n) is 2.56. The van der Waals surface area contributed by atoms with Crippen LogP contribution in [0.1, 0.15) is 18.4 Å². The zero-order valence-corrected chi connectivity index (χ0v) is 17.2. The number of aryl methyl sites for hydroxylation is 1. The monoisotopic (exact) mass is 402 g/mol. The van der Waals surface area contributed by atoms with Crippen molar-refractivity contribution in [3.63, 3.8) is 0 Å². The summed E-state index contributed by atoms with van der Waals surface area (Å²) in [6.07, 6.45) is 1.14. The number of hydrogen-bond donors (Lipinski definition) is 2. The summed E-state index contributed by atoms with van der Waals surface area (Å²) in [7, 11) is 3.11. The van der Waals surface area contributed by atoms with Crippen molar-refractivity contribution in [1.82, 2.24) is 0 Å². The number of carbonyl (C=O) groups is 2. The summed E-state index contributed by atoms with van der Waals surface area (Å²) < 4.78 is 10.4. The zero-order valence-electron chi connectivity index (χ0n) is 16.4. The molecular weight excluding hydrogens is 376 g/mol. The number of carbonyl (C=O) groups excluding carboxylic acids is 2. The van der Waals surface area contributed by atoms with E-state index in [4.69, 9.17) is 9.47 Å². The van der Waals surface area contributed by atoms with Crippen molar-refractivity contribution in [2.45, 2.75) is 19.8 Å². The molecule has 0 unspecified atom stereocenters. The molecule has 0 aliphatic rings. The van der Waals surface area contributed by atoms with Gasteiger partial charge < -0.3 is 20.1 Å². The van der Waals surface area contributed by atoms with Gasteiger partial charge >= 0.3 is 0 Å². The Balaban J connectivity index is 1.65. The van der Waals surface area contributed by atoms with E-state index in [1.54, 1.807) is 32.4 Å². The van der Waals surface area contributed by atoms with Crippen molar-refractivity contribution in [1.29, 1.82) is 0 Å². The maximum absolute atomic E-state index is 12.1. The second-order valence-electron chi connectivity index (χ2n) is 6.19. The van der Waals surface area contributed by atoms with E-state index >= 15 is 0 Å². The van der Waals surface area contributed by atoms with E-state index in [9.17, 15) is 9.59 Å². The molecule has 0 bridgehead atoms. The highest BCUT2D eigenvalue weighted by molar-refractivity contribution is 7.99. The van der Waals surface area contributed by atoms with E-state index in [1.165, 1.54) is 11.8 Å². The van der Waals surface area contributed by atoms with Gasteiger partial charge in [0.1, 0.15) is 0 Å². The summed E-state index contributed by atoms with van der Waals surface area (Å²) in [4.78, 5) is 24.0. The Bertz CT molecular complexity index is 811. The van der Waals surface area contributed by atoms with Gasteiger partial charge in [-0.05, 0) is 48.9 Å². The van der Waals surface area contributed by atoms with Crippen molar-refractivity contribution >= 4 is 35.0 Å². The van der Waals surface area contributed by atoms with Crippen LogP contribution in [0.25, 0.3) is 0 Å². The Hall–Kier alpha value is -2.67. The first kappa shape index (κ1) is 21.6. The lowest BCUT2D eigenvalue weighted by atomic mass is 10.2. The maximum Gasteiger partial charge on any atom is 0.234 e. The van der Waals surface area contributed by atoms with Crippen molar-refractivity contribution < 1.29 is 19.1 Å². The average Bonchev–Trinajstić information content (AvgIpc) is 2.67. The second kappa shape index (κ2) is 11.2. The molecule has 0 radical (unpaired) electrons. The van der Waals surface area contributed by atoms with Gasteiger partial charge in [-0.2, -0.15) is 11.8 Å². The summed E-state index contributed by atoms with van der Waals surface area (Å²) in [5.74, 6) is 2.13. The number of anilines is 2. The molecule has 0 heterocycles. The largest absolute Gasteiger partial charge is 0.493 e. The van der Waals surface area contributed by atoms with Crippen LogP contribution < -0.4 is 20.1 Å². The van der Waals surface area contributed by atoms with Gasteiger partial charge in [0.2, 0.25) is 11.8 Å². The minimum Gasteiger partial charge on any atom is -0.493 e. The Labute approximate surface area is 170 Å². The maximum atomic E-state index is 12.1. The number of hydrogen-bond acceptors (Lipinski definition) is 5. The molecule has 2 aromatic rings. The van der Waals surface area contributed by atoms with Crippen molar-refractivity contribution in [3.8, 4) is 11.5 Å². The number of benzene rings is 2. The summed E-state index contributed by atoms with van der Waals surface area (Å²) in [5.41, 5.74) is 2.57. The van der Waals surface area contributed by atoms with E-state index in [0.29, 0.717) is 35.8 Å². The molecule has 0 aromatic heterocycles. The van der Waals surface area contributed by atoms with Crippen molar-refractivity contribution in [3.05, 3.63) is 48.0 Å². The number of ether oxygens (including phenoxy) is 2. The van der Waals surface area contributed by atoms with Gasteiger partial charge in [-0.15, -0.1) is 0 Å². The molecule has 0 saturated carbocycles. The van der Waals surface area contributed by atoms with E-state index < -0.39 is 0 Å². The lowest BCUT2D eigenvalue weighted by molar-refractivity contribution is -0.116. The van der Waals surface area contributed by atoms with E-state index in [0.717, 1.165) is 17.0 Å². The Morgan fingerprint density at radius 2 is 1.64 bits per heavy atom. The molecular formula is C21H26N2O4S. The molecule has 0 aliphatic heterocycles. The van der Waals surface area contributed by atoms with Gasteiger partial charge in [0.15, 0.2) is 11.5 Å². The quantitative estimate of drug-likeness (QED) is 0.585. The van der Waals surface area contributed by atoms with Gasteiger partial charge in [0.25, 0.3) is 0 Å². The number of nitrogens with one attached hydrogen (secondary N) is 2. The van der Waals surface area contributed by atoms with Crippen LogP contribution in [0, 0.1) is 6.92 Å². The molecule has 0 aliphatic carbocycles. The lowest BCUT2D eigenvalue weighted by Gasteiger charge is -2.10. The molecule has 0 fully saturated rings. The highest BCUT2D eigenvalue weighted by Crippen LogP contribution is 2.29. The molecule has 0 atom stereocenters. The zero-order chi connectivity index (χ0) is 20.4. The predicted molar refractivity (Wildman–Crippen MR) is 115 cm³/mol. The van der Waals surface area contributed by atoms with Gasteiger partial charge in [-0.1, -0.05) is 12.1 Å². The summed E-state index contributed by atoms with van der Waals surface area (Å²) in [5, 5.41) is 5.72. The van der Waals surface area contributed by atoms with E-state index in [-0.39, 0.29) is 11.8 Å². The van der Waals surface area contributed by atoms with Crippen LogP contribution in [0.2, 0.25) is 0 Å². The molecule has 2 N–H and O–H groups in total. The standard InChI is InChI=1S/C21H26N2O4S/c1-15-6-4-7-16(12-15)22-20(24)8-5-11-28-14-21(25)23-17-9-10-18(26-2)19(13-17)27-3/h4,6-7,9-10,12-13H,5,8,11,14H2,1-3H3,(H,22,24)(H,23,25). The molecule has 0 saturated heterocycles. The van der Waals surface area contributed by atoms with Crippen LogP contribution in [-0.4, -0.2) is 37.5 Å². The molecule has 28 heavy (non-hydrogen) atoms. The van der Waals surface area contributed by atoms with Crippen molar-refractivity contribution in [2.75, 3.05) is 36.4 Å². The van der Waals surface area contributed by atoms with Crippen LogP contribution in [0.15, 0.2) is 42.5 Å². The van der Waals surface area contributed by atoms with Gasteiger partial charge in [0, 0.05) is 23.9 Å². The van der Waals surface area contributed by atoms with E-state index in [2.05, 4.69) is 10.6 Å². The van der Waals surface area contributed by atoms with Crippen LogP contribution in [0.4, 0.5) is 11.4 Å². The number of methoxy groups -OCH3 is 2. The molecule has 7 heteroatoms. The molecule has 0 spiro atoms. The van der Waals surface area contributed by atoms with Crippen LogP contribution >= 0.6 is 11.8 Å². The fraction of sp³-hybridized carbons (Fsp3) is 0.333. The van der Waals surface area contributed by atoms with Crippen LogP contribution in [0.3, 0.4) is 0 Å². The fourth-order valence-corrected chi connectivity index (χ4v) is 3.31. The first-order chi connectivity index (χ1) is 13.5. The first-order valence-corrected chi connectivity index (χ1v) is 10.1. The number of amides is 2. The SMILES string of the molecule is COc1ccc(NC(=O)CSCCCC(=O)Nc2cccc(C)c2)cc1OC. The first-order valence-electron chi connectivity index (χ1n) is 8.98. The Kier molecular flexibility index (Phi) is 8.68. The van der Waals surface area contributed by atoms with Crippen LogP contribution in [-0.2, 0) is 9.59 Å². The average molecular weight is 403 g/mol. The van der Waals surface area contributed by atoms with E-state index in [1.807, 2.05) is 31.2 Å². The minimum absolute atomic E-state index is 0.0130. The summed E-state index contributed by atoms with van der Waals surface area (Å²) in [6.45, 7) is 1.99. The lowest BCUT2D eigenvalue weighted by Crippen LogP contribution is -2.15. The topological polar surface area (TPSA) is 76.7 Å². The van der Waals surface area contributed by atoms with Gasteiger partial charge in [0.05, 0.1) is 20.0 Å². The molecule has 2 amide bonds. The number of thioether (sulfide) groups is 1. The third kappa shape index (κ3) is 7.15. The van der Waals surface area contributed by atoms with Crippen molar-refractivity contribution in [2.24, 2.45) is 0 Å². The normalized spacial score (nSPS) is 10.2. The summed E-state index contributed by atoms with van der Waals surface area (Å²) >= 11 is 1.50. The third-order valence-corrected chi connectivity index (χ3v) is 4.94. The predicted octanol–water partition coefficient (Wildman–Crippen LogP) is 4.10. The van der Waals surface area contributed by atoms with Gasteiger partial charge in [-0.3, -0.25) is 9.59 Å². The number of rotatable bonds is 10. The van der Waals surface area contributed by atoms with Gasteiger partial charge in [-0.25, -0.2) is 0 Å². The molecule has 150 valence electrons. The highest BCUT2D eigenvalue weighted by Gasteiger charge is 2.08. The highest BCUT2D eigenvalue weighted by atomic mass is 32.2. The Morgan fingerprint density at radius 3 is 2.36 bits per heavy atom. The molecule has 6 nitrogen and oxygen atoms in total.